The highest BCUT2D eigenvalue weighted by Gasteiger charge is 2.13. The third-order valence-corrected chi connectivity index (χ3v) is 2.97. The van der Waals surface area contributed by atoms with Crippen LogP contribution in [0.2, 0.25) is 0 Å². The molecule has 0 spiro atoms. The van der Waals surface area contributed by atoms with Crippen molar-refractivity contribution in [3.63, 3.8) is 0 Å². The SMILES string of the molecule is CC(C)(C)COC(=O)C=CC(=O)OCCCN1CCOCC1. The fourth-order valence-corrected chi connectivity index (χ4v) is 1.81. The quantitative estimate of drug-likeness (QED) is 0.402. The monoisotopic (exact) mass is 313 g/mol. The zero-order chi connectivity index (χ0) is 16.4. The molecule has 1 fully saturated rings. The van der Waals surface area contributed by atoms with Gasteiger partial charge in [-0.1, -0.05) is 20.8 Å². The Bertz CT molecular complexity index is 380. The minimum Gasteiger partial charge on any atom is -0.462 e. The van der Waals surface area contributed by atoms with E-state index in [-0.39, 0.29) is 5.41 Å². The molecule has 0 aromatic rings. The van der Waals surface area contributed by atoms with Gasteiger partial charge in [-0.3, -0.25) is 4.90 Å². The van der Waals surface area contributed by atoms with Crippen LogP contribution in [-0.4, -0.2) is 62.9 Å². The van der Waals surface area contributed by atoms with Crippen molar-refractivity contribution in [3.05, 3.63) is 12.2 Å². The van der Waals surface area contributed by atoms with Crippen molar-refractivity contribution in [3.8, 4) is 0 Å². The molecule has 6 nitrogen and oxygen atoms in total. The van der Waals surface area contributed by atoms with Crippen molar-refractivity contribution < 1.29 is 23.8 Å². The van der Waals surface area contributed by atoms with Crippen molar-refractivity contribution in [2.24, 2.45) is 5.41 Å². The first kappa shape index (κ1) is 18.6. The fraction of sp³-hybridized carbons (Fsp3) is 0.750. The summed E-state index contributed by atoms with van der Waals surface area (Å²) in [5.41, 5.74) is -0.0937. The summed E-state index contributed by atoms with van der Waals surface area (Å²) in [6.07, 6.45) is 2.99. The Hall–Kier alpha value is -1.40. The van der Waals surface area contributed by atoms with Crippen LogP contribution < -0.4 is 0 Å². The van der Waals surface area contributed by atoms with E-state index in [0.717, 1.165) is 51.4 Å². The maximum Gasteiger partial charge on any atom is 0.331 e. The molecule has 0 N–H and O–H groups in total. The molecule has 126 valence electrons. The Morgan fingerprint density at radius 1 is 1.09 bits per heavy atom. The molecule has 1 aliphatic heterocycles. The molecule has 1 saturated heterocycles. The molecule has 0 saturated carbocycles. The van der Waals surface area contributed by atoms with Crippen molar-refractivity contribution in [1.29, 1.82) is 0 Å². The van der Waals surface area contributed by atoms with E-state index in [1.165, 1.54) is 0 Å². The second-order valence-corrected chi connectivity index (χ2v) is 6.48. The molecule has 22 heavy (non-hydrogen) atoms. The summed E-state index contributed by atoms with van der Waals surface area (Å²) in [7, 11) is 0. The highest BCUT2D eigenvalue weighted by molar-refractivity contribution is 5.91. The number of hydrogen-bond acceptors (Lipinski definition) is 6. The number of carbonyl (C=O) groups is 2. The zero-order valence-electron chi connectivity index (χ0n) is 13.8. The summed E-state index contributed by atoms with van der Waals surface area (Å²) in [4.78, 5) is 25.1. The summed E-state index contributed by atoms with van der Waals surface area (Å²) in [6.45, 7) is 10.8. The van der Waals surface area contributed by atoms with Gasteiger partial charge < -0.3 is 14.2 Å². The van der Waals surface area contributed by atoms with E-state index >= 15 is 0 Å². The van der Waals surface area contributed by atoms with Crippen LogP contribution in [0.25, 0.3) is 0 Å². The summed E-state index contributed by atoms with van der Waals surface area (Å²) in [5.74, 6) is -1.05. The molecule has 0 amide bonds. The molecule has 1 aliphatic rings. The van der Waals surface area contributed by atoms with E-state index in [4.69, 9.17) is 14.2 Å². The lowest BCUT2D eigenvalue weighted by atomic mass is 9.99. The summed E-state index contributed by atoms with van der Waals surface area (Å²) in [5, 5.41) is 0. The molecule has 0 bridgehead atoms. The highest BCUT2D eigenvalue weighted by Crippen LogP contribution is 2.12. The number of morpholine rings is 1. The summed E-state index contributed by atoms with van der Waals surface area (Å²) >= 11 is 0. The molecule has 0 unspecified atom stereocenters. The fourth-order valence-electron chi connectivity index (χ4n) is 1.81. The predicted octanol–water partition coefficient (Wildman–Crippen LogP) is 1.40. The molecule has 1 rings (SSSR count). The molecular weight excluding hydrogens is 286 g/mol. The second kappa shape index (κ2) is 9.58. The van der Waals surface area contributed by atoms with Gasteiger partial charge in [0.15, 0.2) is 0 Å². The first-order chi connectivity index (χ1) is 10.4. The lowest BCUT2D eigenvalue weighted by molar-refractivity contribution is -0.142. The zero-order valence-corrected chi connectivity index (χ0v) is 13.8. The number of hydrogen-bond donors (Lipinski definition) is 0. The van der Waals surface area contributed by atoms with Crippen molar-refractivity contribution in [1.82, 2.24) is 4.90 Å². The van der Waals surface area contributed by atoms with E-state index in [2.05, 4.69) is 4.90 Å². The number of rotatable bonds is 7. The molecule has 1 heterocycles. The van der Waals surface area contributed by atoms with Gasteiger partial charge in [0, 0.05) is 31.8 Å². The molecule has 0 atom stereocenters. The van der Waals surface area contributed by atoms with E-state index in [0.29, 0.717) is 13.2 Å². The largest absolute Gasteiger partial charge is 0.462 e. The van der Waals surface area contributed by atoms with Gasteiger partial charge in [-0.2, -0.15) is 0 Å². The summed E-state index contributed by atoms with van der Waals surface area (Å²) < 4.78 is 15.3. The van der Waals surface area contributed by atoms with Gasteiger partial charge in [-0.05, 0) is 11.8 Å². The second-order valence-electron chi connectivity index (χ2n) is 6.48. The van der Waals surface area contributed by atoms with Crippen LogP contribution in [0.15, 0.2) is 12.2 Å². The van der Waals surface area contributed by atoms with E-state index < -0.39 is 11.9 Å². The predicted molar refractivity (Wildman–Crippen MR) is 82.4 cm³/mol. The average molecular weight is 313 g/mol. The van der Waals surface area contributed by atoms with E-state index in [1.807, 2.05) is 20.8 Å². The Morgan fingerprint density at radius 2 is 1.68 bits per heavy atom. The Labute approximate surface area is 132 Å². The third kappa shape index (κ3) is 9.52. The van der Waals surface area contributed by atoms with E-state index in [9.17, 15) is 9.59 Å². The molecule has 6 heteroatoms. The normalized spacial score (nSPS) is 16.7. The standard InChI is InChI=1S/C16H27NO5/c1-16(2,3)13-22-15(19)6-5-14(18)21-10-4-7-17-8-11-20-12-9-17/h5-6H,4,7-13H2,1-3H3. The van der Waals surface area contributed by atoms with Crippen LogP contribution in [0.4, 0.5) is 0 Å². The third-order valence-electron chi connectivity index (χ3n) is 2.97. The van der Waals surface area contributed by atoms with E-state index in [1.54, 1.807) is 0 Å². The minimum atomic E-state index is -0.528. The van der Waals surface area contributed by atoms with Crippen LogP contribution >= 0.6 is 0 Å². The van der Waals surface area contributed by atoms with Gasteiger partial charge in [0.05, 0.1) is 26.4 Å². The number of carbonyl (C=O) groups excluding carboxylic acids is 2. The molecule has 0 radical (unpaired) electrons. The lowest BCUT2D eigenvalue weighted by Gasteiger charge is -2.26. The van der Waals surface area contributed by atoms with Crippen LogP contribution in [0.5, 0.6) is 0 Å². The smallest absolute Gasteiger partial charge is 0.331 e. The Morgan fingerprint density at radius 3 is 2.27 bits per heavy atom. The number of esters is 2. The van der Waals surface area contributed by atoms with Crippen molar-refractivity contribution in [2.45, 2.75) is 27.2 Å². The average Bonchev–Trinajstić information content (AvgIpc) is 2.48. The van der Waals surface area contributed by atoms with Gasteiger partial charge in [0.25, 0.3) is 0 Å². The summed E-state index contributed by atoms with van der Waals surface area (Å²) in [6, 6.07) is 0. The molecular formula is C16H27NO5. The van der Waals surface area contributed by atoms with Crippen LogP contribution in [0.1, 0.15) is 27.2 Å². The Kier molecular flexibility index (Phi) is 8.12. The lowest BCUT2D eigenvalue weighted by Crippen LogP contribution is -2.37. The van der Waals surface area contributed by atoms with Crippen molar-refractivity contribution >= 4 is 11.9 Å². The van der Waals surface area contributed by atoms with Crippen LogP contribution in [0.3, 0.4) is 0 Å². The number of ether oxygens (including phenoxy) is 3. The van der Waals surface area contributed by atoms with Crippen LogP contribution in [-0.2, 0) is 23.8 Å². The van der Waals surface area contributed by atoms with Crippen LogP contribution in [0, 0.1) is 5.41 Å². The highest BCUT2D eigenvalue weighted by atomic mass is 16.5. The topological polar surface area (TPSA) is 65.1 Å². The van der Waals surface area contributed by atoms with Gasteiger partial charge in [0.1, 0.15) is 0 Å². The molecule has 0 aromatic carbocycles. The number of nitrogens with zero attached hydrogens (tertiary/aromatic N) is 1. The van der Waals surface area contributed by atoms with Gasteiger partial charge >= 0.3 is 11.9 Å². The minimum absolute atomic E-state index is 0.0937. The van der Waals surface area contributed by atoms with Crippen molar-refractivity contribution in [2.75, 3.05) is 46.1 Å². The maximum atomic E-state index is 11.4. The maximum absolute atomic E-state index is 11.4. The van der Waals surface area contributed by atoms with Gasteiger partial charge in [-0.15, -0.1) is 0 Å². The Balaban J connectivity index is 2.09. The van der Waals surface area contributed by atoms with Gasteiger partial charge in [0.2, 0.25) is 0 Å². The molecule has 0 aliphatic carbocycles. The van der Waals surface area contributed by atoms with Gasteiger partial charge in [-0.25, -0.2) is 9.59 Å². The molecule has 0 aromatic heterocycles. The first-order valence-corrected chi connectivity index (χ1v) is 7.68. The first-order valence-electron chi connectivity index (χ1n) is 7.68.